The molecule has 1 heterocycles. The largest absolute Gasteiger partial charge is 0.360 e. The third kappa shape index (κ3) is 2.19. The summed E-state index contributed by atoms with van der Waals surface area (Å²) in [5.41, 5.74) is 1.81. The molecule has 19 heavy (non-hydrogen) atoms. The van der Waals surface area contributed by atoms with Gasteiger partial charge in [-0.2, -0.15) is 0 Å². The standard InChI is InChI=1S/C15H9BrFNO/c16-10-3-1-9(2-4-10)15(19)13-8-18-14-6-5-11(17)7-12(13)14/h1-8,18H. The minimum Gasteiger partial charge on any atom is -0.360 e. The lowest BCUT2D eigenvalue weighted by Gasteiger charge is -2.00. The molecule has 1 N–H and O–H groups in total. The summed E-state index contributed by atoms with van der Waals surface area (Å²) >= 11 is 3.33. The molecule has 3 rings (SSSR count). The average molecular weight is 318 g/mol. The van der Waals surface area contributed by atoms with Crippen molar-refractivity contribution in [2.75, 3.05) is 0 Å². The number of hydrogen-bond donors (Lipinski definition) is 1. The normalized spacial score (nSPS) is 10.8. The molecule has 0 atom stereocenters. The van der Waals surface area contributed by atoms with E-state index in [1.165, 1.54) is 12.1 Å². The number of ketones is 1. The highest BCUT2D eigenvalue weighted by molar-refractivity contribution is 9.10. The van der Waals surface area contributed by atoms with Gasteiger partial charge in [0.2, 0.25) is 0 Å². The van der Waals surface area contributed by atoms with Crippen molar-refractivity contribution >= 4 is 32.6 Å². The van der Waals surface area contributed by atoms with Gasteiger partial charge in [-0.15, -0.1) is 0 Å². The summed E-state index contributed by atoms with van der Waals surface area (Å²) in [5.74, 6) is -0.471. The summed E-state index contributed by atoms with van der Waals surface area (Å²) in [7, 11) is 0. The van der Waals surface area contributed by atoms with E-state index in [0.29, 0.717) is 16.5 Å². The van der Waals surface area contributed by atoms with Gasteiger partial charge in [0, 0.05) is 32.7 Å². The molecule has 0 radical (unpaired) electrons. The number of H-pyrrole nitrogens is 1. The second-order valence-electron chi connectivity index (χ2n) is 4.23. The summed E-state index contributed by atoms with van der Waals surface area (Å²) in [4.78, 5) is 15.4. The highest BCUT2D eigenvalue weighted by Gasteiger charge is 2.14. The number of aromatic nitrogens is 1. The first-order valence-electron chi connectivity index (χ1n) is 5.72. The van der Waals surface area contributed by atoms with Crippen LogP contribution < -0.4 is 0 Å². The molecule has 0 fully saturated rings. The third-order valence-electron chi connectivity index (χ3n) is 2.99. The molecule has 94 valence electrons. The number of hydrogen-bond acceptors (Lipinski definition) is 1. The maximum Gasteiger partial charge on any atom is 0.195 e. The van der Waals surface area contributed by atoms with Crippen molar-refractivity contribution in [2.24, 2.45) is 0 Å². The van der Waals surface area contributed by atoms with Crippen LogP contribution >= 0.6 is 15.9 Å². The lowest BCUT2D eigenvalue weighted by molar-refractivity contribution is 0.104. The van der Waals surface area contributed by atoms with Crippen LogP contribution in [-0.2, 0) is 0 Å². The van der Waals surface area contributed by atoms with Gasteiger partial charge in [0.05, 0.1) is 0 Å². The van der Waals surface area contributed by atoms with E-state index in [1.807, 2.05) is 12.1 Å². The summed E-state index contributed by atoms with van der Waals surface area (Å²) < 4.78 is 14.2. The second-order valence-corrected chi connectivity index (χ2v) is 5.14. The average Bonchev–Trinajstić information content (AvgIpc) is 2.81. The quantitative estimate of drug-likeness (QED) is 0.702. The maximum absolute atomic E-state index is 13.3. The minimum atomic E-state index is -0.350. The number of carbonyl (C=O) groups is 1. The van der Waals surface area contributed by atoms with Crippen molar-refractivity contribution in [3.63, 3.8) is 0 Å². The molecule has 0 aliphatic rings. The number of nitrogens with one attached hydrogen (secondary N) is 1. The molecule has 4 heteroatoms. The van der Waals surface area contributed by atoms with E-state index in [9.17, 15) is 9.18 Å². The lowest BCUT2D eigenvalue weighted by atomic mass is 10.0. The van der Waals surface area contributed by atoms with Crippen LogP contribution in [0.15, 0.2) is 53.1 Å². The molecule has 2 nitrogen and oxygen atoms in total. The predicted molar refractivity (Wildman–Crippen MR) is 75.8 cm³/mol. The Kier molecular flexibility index (Phi) is 2.95. The second kappa shape index (κ2) is 4.63. The molecule has 0 saturated carbocycles. The highest BCUT2D eigenvalue weighted by Crippen LogP contribution is 2.22. The maximum atomic E-state index is 13.3. The number of halogens is 2. The van der Waals surface area contributed by atoms with Gasteiger partial charge in [-0.05, 0) is 42.5 Å². The first kappa shape index (κ1) is 12.1. The van der Waals surface area contributed by atoms with E-state index in [4.69, 9.17) is 0 Å². The SMILES string of the molecule is O=C(c1ccc(Br)cc1)c1c[nH]c2ccc(F)cc12. The van der Waals surface area contributed by atoms with Crippen molar-refractivity contribution < 1.29 is 9.18 Å². The van der Waals surface area contributed by atoms with Crippen LogP contribution in [0, 0.1) is 5.82 Å². The number of benzene rings is 2. The molecule has 0 saturated heterocycles. The molecule has 2 aromatic carbocycles. The van der Waals surface area contributed by atoms with Crippen LogP contribution in [0.4, 0.5) is 4.39 Å². The van der Waals surface area contributed by atoms with Gasteiger partial charge in [0.15, 0.2) is 5.78 Å². The fourth-order valence-electron chi connectivity index (χ4n) is 2.04. The molecular formula is C15H9BrFNO. The van der Waals surface area contributed by atoms with Gasteiger partial charge >= 0.3 is 0 Å². The Labute approximate surface area is 117 Å². The molecule has 0 unspecified atom stereocenters. The molecule has 0 aliphatic carbocycles. The fraction of sp³-hybridized carbons (Fsp3) is 0. The predicted octanol–water partition coefficient (Wildman–Crippen LogP) is 4.30. The zero-order chi connectivity index (χ0) is 13.4. The van der Waals surface area contributed by atoms with Gasteiger partial charge in [-0.1, -0.05) is 15.9 Å². The van der Waals surface area contributed by atoms with E-state index in [-0.39, 0.29) is 11.6 Å². The Hall–Kier alpha value is -1.94. The summed E-state index contributed by atoms with van der Waals surface area (Å²) in [6.45, 7) is 0. The van der Waals surface area contributed by atoms with E-state index < -0.39 is 0 Å². The van der Waals surface area contributed by atoms with Gasteiger partial charge in [-0.25, -0.2) is 4.39 Å². The Morgan fingerprint density at radius 2 is 1.84 bits per heavy atom. The van der Waals surface area contributed by atoms with Gasteiger partial charge < -0.3 is 4.98 Å². The molecule has 0 aliphatic heterocycles. The number of carbonyl (C=O) groups excluding carboxylic acids is 1. The van der Waals surface area contributed by atoms with Crippen molar-refractivity contribution in [1.29, 1.82) is 0 Å². The lowest BCUT2D eigenvalue weighted by Crippen LogP contribution is -1.99. The van der Waals surface area contributed by atoms with E-state index in [1.54, 1.807) is 24.4 Å². The molecule has 1 aromatic heterocycles. The van der Waals surface area contributed by atoms with E-state index >= 15 is 0 Å². The van der Waals surface area contributed by atoms with Crippen LogP contribution in [0.5, 0.6) is 0 Å². The molecule has 3 aromatic rings. The van der Waals surface area contributed by atoms with Crippen LogP contribution in [0.2, 0.25) is 0 Å². The Bertz CT molecular complexity index is 761. The number of rotatable bonds is 2. The van der Waals surface area contributed by atoms with Crippen LogP contribution in [0.1, 0.15) is 15.9 Å². The molecule has 0 amide bonds. The van der Waals surface area contributed by atoms with Crippen LogP contribution in [0.25, 0.3) is 10.9 Å². The molecule has 0 bridgehead atoms. The van der Waals surface area contributed by atoms with Gasteiger partial charge in [0.25, 0.3) is 0 Å². The zero-order valence-corrected chi connectivity index (χ0v) is 11.4. The summed E-state index contributed by atoms with van der Waals surface area (Å²) in [6.07, 6.45) is 1.62. The van der Waals surface area contributed by atoms with Gasteiger partial charge in [-0.3, -0.25) is 4.79 Å². The van der Waals surface area contributed by atoms with Gasteiger partial charge in [0.1, 0.15) is 5.82 Å². The zero-order valence-electron chi connectivity index (χ0n) is 9.78. The summed E-state index contributed by atoms with van der Waals surface area (Å²) in [6, 6.07) is 11.5. The Morgan fingerprint density at radius 1 is 1.11 bits per heavy atom. The Balaban J connectivity index is 2.11. The minimum absolute atomic E-state index is 0.121. The van der Waals surface area contributed by atoms with Crippen molar-refractivity contribution in [3.05, 3.63) is 70.1 Å². The molecular weight excluding hydrogens is 309 g/mol. The number of fused-ring (bicyclic) bond motifs is 1. The third-order valence-corrected chi connectivity index (χ3v) is 3.52. The first-order valence-corrected chi connectivity index (χ1v) is 6.51. The molecule has 0 spiro atoms. The Morgan fingerprint density at radius 3 is 2.58 bits per heavy atom. The number of aromatic amines is 1. The topological polar surface area (TPSA) is 32.9 Å². The summed E-state index contributed by atoms with van der Waals surface area (Å²) in [5, 5.41) is 0.605. The van der Waals surface area contributed by atoms with E-state index in [0.717, 1.165) is 9.99 Å². The van der Waals surface area contributed by atoms with E-state index in [2.05, 4.69) is 20.9 Å². The first-order chi connectivity index (χ1) is 9.15. The highest BCUT2D eigenvalue weighted by atomic mass is 79.9. The van der Waals surface area contributed by atoms with Crippen molar-refractivity contribution in [2.45, 2.75) is 0 Å². The van der Waals surface area contributed by atoms with Crippen molar-refractivity contribution in [3.8, 4) is 0 Å². The monoisotopic (exact) mass is 317 g/mol. The van der Waals surface area contributed by atoms with Crippen LogP contribution in [0.3, 0.4) is 0 Å². The fourth-order valence-corrected chi connectivity index (χ4v) is 2.30. The smallest absolute Gasteiger partial charge is 0.195 e. The van der Waals surface area contributed by atoms with Crippen LogP contribution in [-0.4, -0.2) is 10.8 Å². The van der Waals surface area contributed by atoms with Crippen molar-refractivity contribution in [1.82, 2.24) is 4.98 Å².